The van der Waals surface area contributed by atoms with E-state index in [0.717, 1.165) is 49.5 Å². The zero-order valence-electron chi connectivity index (χ0n) is 14.9. The van der Waals surface area contributed by atoms with Crippen LogP contribution in [0.25, 0.3) is 10.9 Å². The van der Waals surface area contributed by atoms with Gasteiger partial charge in [0, 0.05) is 17.6 Å². The summed E-state index contributed by atoms with van der Waals surface area (Å²) in [6, 6.07) is 6.70. The van der Waals surface area contributed by atoms with Gasteiger partial charge < -0.3 is 4.74 Å². The van der Waals surface area contributed by atoms with E-state index in [9.17, 15) is 4.79 Å². The standard InChI is InChI=1S/C21H26N2O2/c1-15(24)2-3-16-6-9-19(10-7-16)23-13-18-8-11-20(12-21(18)22-23)25-14-17-4-5-17/h2-3,8,11-13,16-17,19H,4-7,9-10,14H2,1H3/b3-2+/t16-,19-. The Kier molecular flexibility index (Phi) is 4.60. The zero-order chi connectivity index (χ0) is 17.2. The van der Waals surface area contributed by atoms with E-state index in [0.29, 0.717) is 12.0 Å². The van der Waals surface area contributed by atoms with Crippen molar-refractivity contribution in [3.8, 4) is 5.75 Å². The predicted octanol–water partition coefficient (Wildman–Crippen LogP) is 4.70. The molecule has 0 amide bonds. The summed E-state index contributed by atoms with van der Waals surface area (Å²) >= 11 is 0. The Hall–Kier alpha value is -2.10. The molecule has 2 aromatic rings. The Morgan fingerprint density at radius 3 is 2.76 bits per heavy atom. The fourth-order valence-corrected chi connectivity index (χ4v) is 3.62. The summed E-state index contributed by atoms with van der Waals surface area (Å²) in [4.78, 5) is 11.1. The average Bonchev–Trinajstić information content (AvgIpc) is 3.35. The minimum absolute atomic E-state index is 0.139. The Labute approximate surface area is 148 Å². The number of fused-ring (bicyclic) bond motifs is 1. The molecule has 0 bridgehead atoms. The first kappa shape index (κ1) is 16.4. The lowest BCUT2D eigenvalue weighted by atomic mass is 9.86. The van der Waals surface area contributed by atoms with Gasteiger partial charge in [0.1, 0.15) is 5.75 Å². The van der Waals surface area contributed by atoms with Crippen molar-refractivity contribution in [2.45, 2.75) is 51.5 Å². The van der Waals surface area contributed by atoms with Crippen LogP contribution in [0, 0.1) is 11.8 Å². The fourth-order valence-electron chi connectivity index (χ4n) is 3.62. The molecule has 4 nitrogen and oxygen atoms in total. The minimum Gasteiger partial charge on any atom is -0.493 e. The second-order valence-electron chi connectivity index (χ2n) is 7.62. The number of hydrogen-bond acceptors (Lipinski definition) is 3. The minimum atomic E-state index is 0.139. The van der Waals surface area contributed by atoms with Crippen molar-refractivity contribution in [1.29, 1.82) is 0 Å². The van der Waals surface area contributed by atoms with E-state index in [-0.39, 0.29) is 5.78 Å². The van der Waals surface area contributed by atoms with Crippen molar-refractivity contribution < 1.29 is 9.53 Å². The number of allylic oxidation sites excluding steroid dienone is 2. The monoisotopic (exact) mass is 338 g/mol. The van der Waals surface area contributed by atoms with E-state index in [1.807, 2.05) is 0 Å². The van der Waals surface area contributed by atoms with Crippen LogP contribution < -0.4 is 4.74 Å². The number of rotatable bonds is 6. The molecule has 0 aliphatic heterocycles. The fraction of sp³-hybridized carbons (Fsp3) is 0.524. The highest BCUT2D eigenvalue weighted by Crippen LogP contribution is 2.34. The first-order chi connectivity index (χ1) is 12.2. The predicted molar refractivity (Wildman–Crippen MR) is 98.8 cm³/mol. The van der Waals surface area contributed by atoms with Crippen LogP contribution in [0.1, 0.15) is 51.5 Å². The lowest BCUT2D eigenvalue weighted by Gasteiger charge is -2.26. The van der Waals surface area contributed by atoms with Crippen LogP contribution in [0.4, 0.5) is 0 Å². The molecule has 25 heavy (non-hydrogen) atoms. The van der Waals surface area contributed by atoms with Gasteiger partial charge >= 0.3 is 0 Å². The number of benzene rings is 1. The third-order valence-electron chi connectivity index (χ3n) is 5.40. The molecule has 2 aliphatic carbocycles. The normalized spacial score (nSPS) is 24.0. The van der Waals surface area contributed by atoms with E-state index in [2.05, 4.69) is 35.2 Å². The van der Waals surface area contributed by atoms with Gasteiger partial charge in [0.25, 0.3) is 0 Å². The molecule has 4 rings (SSSR count). The summed E-state index contributed by atoms with van der Waals surface area (Å²) < 4.78 is 8.01. The third-order valence-corrected chi connectivity index (χ3v) is 5.40. The molecule has 1 heterocycles. The number of nitrogens with zero attached hydrogens (tertiary/aromatic N) is 2. The van der Waals surface area contributed by atoms with Crippen LogP contribution >= 0.6 is 0 Å². The van der Waals surface area contributed by atoms with Crippen LogP contribution in [0.5, 0.6) is 5.75 Å². The number of aromatic nitrogens is 2. The Morgan fingerprint density at radius 1 is 1.24 bits per heavy atom. The molecular formula is C21H26N2O2. The maximum Gasteiger partial charge on any atom is 0.152 e. The van der Waals surface area contributed by atoms with Crippen molar-refractivity contribution in [1.82, 2.24) is 9.78 Å². The quantitative estimate of drug-likeness (QED) is 0.717. The number of carbonyl (C=O) groups is 1. The number of ether oxygens (including phenoxy) is 1. The molecule has 132 valence electrons. The van der Waals surface area contributed by atoms with Crippen molar-refractivity contribution in [3.05, 3.63) is 36.5 Å². The first-order valence-corrected chi connectivity index (χ1v) is 9.48. The van der Waals surface area contributed by atoms with Crippen molar-refractivity contribution in [2.24, 2.45) is 11.8 Å². The van der Waals surface area contributed by atoms with Crippen LogP contribution in [-0.2, 0) is 4.79 Å². The molecular weight excluding hydrogens is 312 g/mol. The summed E-state index contributed by atoms with van der Waals surface area (Å²) in [5.74, 6) is 2.37. The summed E-state index contributed by atoms with van der Waals surface area (Å²) in [5, 5.41) is 5.98. The van der Waals surface area contributed by atoms with E-state index >= 15 is 0 Å². The largest absolute Gasteiger partial charge is 0.493 e. The van der Waals surface area contributed by atoms with Gasteiger partial charge in [-0.15, -0.1) is 0 Å². The van der Waals surface area contributed by atoms with Crippen LogP contribution in [0.15, 0.2) is 36.5 Å². The highest BCUT2D eigenvalue weighted by atomic mass is 16.5. The lowest BCUT2D eigenvalue weighted by molar-refractivity contribution is -0.112. The molecule has 0 saturated heterocycles. The Balaban J connectivity index is 1.40. The molecule has 0 N–H and O–H groups in total. The van der Waals surface area contributed by atoms with Crippen molar-refractivity contribution in [2.75, 3.05) is 6.61 Å². The van der Waals surface area contributed by atoms with Gasteiger partial charge in [-0.3, -0.25) is 9.48 Å². The molecule has 0 atom stereocenters. The molecule has 2 fully saturated rings. The summed E-state index contributed by atoms with van der Waals surface area (Å²) in [7, 11) is 0. The average molecular weight is 338 g/mol. The summed E-state index contributed by atoms with van der Waals surface area (Å²) in [6.45, 7) is 2.45. The maximum atomic E-state index is 11.1. The third kappa shape index (κ3) is 4.12. The van der Waals surface area contributed by atoms with Crippen molar-refractivity contribution >= 4 is 16.7 Å². The molecule has 1 aromatic carbocycles. The second-order valence-corrected chi connectivity index (χ2v) is 7.62. The highest BCUT2D eigenvalue weighted by molar-refractivity contribution is 5.87. The van der Waals surface area contributed by atoms with E-state index < -0.39 is 0 Å². The van der Waals surface area contributed by atoms with Gasteiger partial charge in [0.05, 0.1) is 18.2 Å². The summed E-state index contributed by atoms with van der Waals surface area (Å²) in [5.41, 5.74) is 1.02. The van der Waals surface area contributed by atoms with Gasteiger partial charge in [0.2, 0.25) is 0 Å². The topological polar surface area (TPSA) is 44.1 Å². The van der Waals surface area contributed by atoms with E-state index in [1.165, 1.54) is 18.2 Å². The second kappa shape index (κ2) is 7.03. The van der Waals surface area contributed by atoms with Crippen molar-refractivity contribution in [3.63, 3.8) is 0 Å². The molecule has 0 spiro atoms. The van der Waals surface area contributed by atoms with E-state index in [4.69, 9.17) is 9.84 Å². The van der Waals surface area contributed by atoms with Crippen LogP contribution in [0.3, 0.4) is 0 Å². The Morgan fingerprint density at radius 2 is 2.04 bits per heavy atom. The number of hydrogen-bond donors (Lipinski definition) is 0. The van der Waals surface area contributed by atoms with Gasteiger partial charge in [-0.2, -0.15) is 5.10 Å². The first-order valence-electron chi connectivity index (χ1n) is 9.48. The summed E-state index contributed by atoms with van der Waals surface area (Å²) in [6.07, 6.45) is 13.1. The van der Waals surface area contributed by atoms with Gasteiger partial charge in [0.15, 0.2) is 5.78 Å². The van der Waals surface area contributed by atoms with Gasteiger partial charge in [-0.05, 0) is 75.5 Å². The Bertz CT molecular complexity index is 780. The molecule has 0 radical (unpaired) electrons. The highest BCUT2D eigenvalue weighted by Gasteiger charge is 2.23. The maximum absolute atomic E-state index is 11.1. The van der Waals surface area contributed by atoms with Crippen LogP contribution in [-0.4, -0.2) is 22.2 Å². The van der Waals surface area contributed by atoms with Gasteiger partial charge in [-0.25, -0.2) is 0 Å². The van der Waals surface area contributed by atoms with E-state index in [1.54, 1.807) is 13.0 Å². The molecule has 1 aromatic heterocycles. The SMILES string of the molecule is CC(=O)/C=C/[C@H]1CC[C@H](n2cc3ccc(OCC4CC4)cc3n2)CC1. The lowest BCUT2D eigenvalue weighted by Crippen LogP contribution is -2.17. The number of carbonyl (C=O) groups excluding carboxylic acids is 1. The molecule has 0 unspecified atom stereocenters. The molecule has 2 aliphatic rings. The molecule has 2 saturated carbocycles. The zero-order valence-corrected chi connectivity index (χ0v) is 14.9. The smallest absolute Gasteiger partial charge is 0.152 e. The van der Waals surface area contributed by atoms with Crippen LogP contribution in [0.2, 0.25) is 0 Å². The van der Waals surface area contributed by atoms with Gasteiger partial charge in [-0.1, -0.05) is 6.08 Å². The molecule has 4 heteroatoms. The number of ketones is 1.